The van der Waals surface area contributed by atoms with Crippen LogP contribution in [-0.2, 0) is 0 Å². The number of hydrogen-bond acceptors (Lipinski definition) is 3. The third-order valence-corrected chi connectivity index (χ3v) is 3.10. The van der Waals surface area contributed by atoms with Gasteiger partial charge in [-0.2, -0.15) is 0 Å². The van der Waals surface area contributed by atoms with Gasteiger partial charge in [0.05, 0.1) is 5.69 Å². The van der Waals surface area contributed by atoms with Crippen molar-refractivity contribution in [3.8, 4) is 17.0 Å². The van der Waals surface area contributed by atoms with Gasteiger partial charge in [0.1, 0.15) is 11.6 Å². The van der Waals surface area contributed by atoms with Crippen molar-refractivity contribution in [2.24, 2.45) is 0 Å². The predicted molar refractivity (Wildman–Crippen MR) is 67.7 cm³/mol. The number of nitrogens with zero attached hydrogens (tertiary/aromatic N) is 1. The molecule has 3 rings (SSSR count). The molecular weight excluding hydrogens is 212 g/mol. The van der Waals surface area contributed by atoms with Crippen LogP contribution in [0.5, 0.6) is 5.75 Å². The summed E-state index contributed by atoms with van der Waals surface area (Å²) in [6.07, 6.45) is 2.44. The van der Waals surface area contributed by atoms with Crippen LogP contribution in [0.25, 0.3) is 11.3 Å². The zero-order valence-corrected chi connectivity index (χ0v) is 9.43. The molecule has 0 unspecified atom stereocenters. The van der Waals surface area contributed by atoms with E-state index in [0.29, 0.717) is 11.7 Å². The first-order valence-electron chi connectivity index (χ1n) is 5.80. The summed E-state index contributed by atoms with van der Waals surface area (Å²) in [5.41, 5.74) is 8.80. The van der Waals surface area contributed by atoms with Crippen LogP contribution >= 0.6 is 0 Å². The maximum atomic E-state index is 9.61. The average Bonchev–Trinajstić information content (AvgIpc) is 3.13. The van der Waals surface area contributed by atoms with Crippen molar-refractivity contribution in [3.63, 3.8) is 0 Å². The van der Waals surface area contributed by atoms with E-state index in [4.69, 9.17) is 5.73 Å². The minimum atomic E-state index is 0.272. The molecule has 2 aromatic rings. The number of aromatic hydroxyl groups is 1. The van der Waals surface area contributed by atoms with Gasteiger partial charge in [-0.15, -0.1) is 0 Å². The van der Waals surface area contributed by atoms with Crippen LogP contribution in [0.2, 0.25) is 0 Å². The van der Waals surface area contributed by atoms with Crippen LogP contribution in [0.3, 0.4) is 0 Å². The van der Waals surface area contributed by atoms with Crippen LogP contribution in [0.15, 0.2) is 36.4 Å². The molecule has 1 aromatic carbocycles. The highest BCUT2D eigenvalue weighted by molar-refractivity contribution is 5.68. The van der Waals surface area contributed by atoms with Crippen molar-refractivity contribution in [3.05, 3.63) is 42.0 Å². The van der Waals surface area contributed by atoms with Crippen molar-refractivity contribution in [1.82, 2.24) is 4.98 Å². The predicted octanol–water partition coefficient (Wildman–Crippen LogP) is 2.91. The fraction of sp³-hybridized carbons (Fsp3) is 0.214. The summed E-state index contributed by atoms with van der Waals surface area (Å²) in [6.45, 7) is 0. The Balaban J connectivity index is 2.15. The molecule has 1 aliphatic carbocycles. The molecule has 0 aliphatic heterocycles. The monoisotopic (exact) mass is 226 g/mol. The van der Waals surface area contributed by atoms with E-state index < -0.39 is 0 Å². The number of phenols is 1. The summed E-state index contributed by atoms with van der Waals surface area (Å²) in [5, 5.41) is 9.61. The van der Waals surface area contributed by atoms with Gasteiger partial charge in [-0.3, -0.25) is 0 Å². The topological polar surface area (TPSA) is 59.1 Å². The van der Waals surface area contributed by atoms with Crippen LogP contribution in [-0.4, -0.2) is 10.1 Å². The molecule has 1 aliphatic rings. The number of anilines is 1. The van der Waals surface area contributed by atoms with E-state index in [1.165, 1.54) is 18.4 Å². The molecule has 3 N–H and O–H groups in total. The Bertz CT molecular complexity index is 562. The highest BCUT2D eigenvalue weighted by Gasteiger charge is 2.26. The molecule has 3 nitrogen and oxygen atoms in total. The van der Waals surface area contributed by atoms with Gasteiger partial charge in [0, 0.05) is 5.56 Å². The second-order valence-corrected chi connectivity index (χ2v) is 4.49. The van der Waals surface area contributed by atoms with E-state index >= 15 is 0 Å². The molecule has 3 heteroatoms. The standard InChI is InChI=1S/C14H14N2O/c15-14-3-1-2-13(16-14)12-8-10(17)6-7-11(12)9-4-5-9/h1-3,6-9,17H,4-5H2,(H2,15,16). The number of phenolic OH excluding ortho intramolecular Hbond substituents is 1. The number of nitrogen functional groups attached to an aromatic ring is 1. The van der Waals surface area contributed by atoms with Crippen molar-refractivity contribution in [2.45, 2.75) is 18.8 Å². The maximum absolute atomic E-state index is 9.61. The van der Waals surface area contributed by atoms with Crippen molar-refractivity contribution in [2.75, 3.05) is 5.73 Å². The zero-order chi connectivity index (χ0) is 11.8. The molecule has 1 aromatic heterocycles. The van der Waals surface area contributed by atoms with Gasteiger partial charge in [0.2, 0.25) is 0 Å². The number of benzene rings is 1. The van der Waals surface area contributed by atoms with Crippen molar-refractivity contribution < 1.29 is 5.11 Å². The largest absolute Gasteiger partial charge is 0.508 e. The highest BCUT2D eigenvalue weighted by atomic mass is 16.3. The van der Waals surface area contributed by atoms with Crippen LogP contribution in [0, 0.1) is 0 Å². The molecule has 0 atom stereocenters. The molecule has 0 radical (unpaired) electrons. The zero-order valence-electron chi connectivity index (χ0n) is 9.43. The highest BCUT2D eigenvalue weighted by Crippen LogP contribution is 2.45. The lowest BCUT2D eigenvalue weighted by Gasteiger charge is -2.09. The van der Waals surface area contributed by atoms with Gasteiger partial charge in [0.15, 0.2) is 0 Å². The lowest BCUT2D eigenvalue weighted by atomic mass is 10.00. The molecule has 17 heavy (non-hydrogen) atoms. The first-order valence-corrected chi connectivity index (χ1v) is 5.80. The fourth-order valence-corrected chi connectivity index (χ4v) is 2.12. The van der Waals surface area contributed by atoms with E-state index in [0.717, 1.165) is 11.3 Å². The summed E-state index contributed by atoms with van der Waals surface area (Å²) < 4.78 is 0. The molecule has 0 amide bonds. The molecule has 1 fully saturated rings. The smallest absolute Gasteiger partial charge is 0.124 e. The minimum absolute atomic E-state index is 0.272. The molecular formula is C14H14N2O. The van der Waals surface area contributed by atoms with E-state index in [1.807, 2.05) is 18.2 Å². The average molecular weight is 226 g/mol. The molecule has 86 valence electrons. The number of aromatic nitrogens is 1. The molecule has 1 saturated carbocycles. The van der Waals surface area contributed by atoms with E-state index in [2.05, 4.69) is 4.98 Å². The summed E-state index contributed by atoms with van der Waals surface area (Å²) >= 11 is 0. The normalized spacial score (nSPS) is 14.8. The van der Waals surface area contributed by atoms with Gasteiger partial charge in [0.25, 0.3) is 0 Å². The van der Waals surface area contributed by atoms with Crippen LogP contribution in [0.1, 0.15) is 24.3 Å². The third-order valence-electron chi connectivity index (χ3n) is 3.10. The number of rotatable bonds is 2. The molecule has 1 heterocycles. The second-order valence-electron chi connectivity index (χ2n) is 4.49. The van der Waals surface area contributed by atoms with Gasteiger partial charge in [-0.05, 0) is 48.6 Å². The number of nitrogens with two attached hydrogens (primary N) is 1. The molecule has 0 spiro atoms. The fourth-order valence-electron chi connectivity index (χ4n) is 2.12. The van der Waals surface area contributed by atoms with Crippen molar-refractivity contribution in [1.29, 1.82) is 0 Å². The van der Waals surface area contributed by atoms with Gasteiger partial charge < -0.3 is 10.8 Å². The van der Waals surface area contributed by atoms with E-state index in [9.17, 15) is 5.11 Å². The first kappa shape index (κ1) is 10.1. The Hall–Kier alpha value is -2.03. The number of pyridine rings is 1. The molecule has 0 bridgehead atoms. The summed E-state index contributed by atoms with van der Waals surface area (Å²) in [4.78, 5) is 4.32. The quantitative estimate of drug-likeness (QED) is 0.827. The Labute approximate surface area is 99.9 Å². The summed E-state index contributed by atoms with van der Waals surface area (Å²) in [5.74, 6) is 1.40. The minimum Gasteiger partial charge on any atom is -0.508 e. The summed E-state index contributed by atoms with van der Waals surface area (Å²) in [7, 11) is 0. The van der Waals surface area contributed by atoms with Gasteiger partial charge in [-0.1, -0.05) is 12.1 Å². The van der Waals surface area contributed by atoms with E-state index in [1.54, 1.807) is 18.2 Å². The van der Waals surface area contributed by atoms with Gasteiger partial charge >= 0.3 is 0 Å². The van der Waals surface area contributed by atoms with E-state index in [-0.39, 0.29) is 5.75 Å². The Morgan fingerprint density at radius 2 is 2.00 bits per heavy atom. The lowest BCUT2D eigenvalue weighted by molar-refractivity contribution is 0.475. The SMILES string of the molecule is Nc1cccc(-c2cc(O)ccc2C2CC2)n1. The number of hydrogen-bond donors (Lipinski definition) is 2. The maximum Gasteiger partial charge on any atom is 0.124 e. The van der Waals surface area contributed by atoms with Crippen molar-refractivity contribution >= 4 is 5.82 Å². The van der Waals surface area contributed by atoms with Crippen LogP contribution in [0.4, 0.5) is 5.82 Å². The Morgan fingerprint density at radius 1 is 1.18 bits per heavy atom. The van der Waals surface area contributed by atoms with Gasteiger partial charge in [-0.25, -0.2) is 4.98 Å². The Morgan fingerprint density at radius 3 is 2.71 bits per heavy atom. The van der Waals surface area contributed by atoms with Crippen LogP contribution < -0.4 is 5.73 Å². The molecule has 0 saturated heterocycles. The summed E-state index contributed by atoms with van der Waals surface area (Å²) in [6, 6.07) is 11.1. The third kappa shape index (κ3) is 1.96. The lowest BCUT2D eigenvalue weighted by Crippen LogP contribution is -1.94. The second kappa shape index (κ2) is 3.77. The first-order chi connectivity index (χ1) is 8.24. The Kier molecular flexibility index (Phi) is 2.25.